The minimum atomic E-state index is -0.461. The standard InChI is InChI=1S/C12H13FN2O/c1-8(2)12(16)15-7-9-4-5-10(14-3)6-11(9)13/h4-6,8H,7H2,1-2H3,(H,15,16). The predicted molar refractivity (Wildman–Crippen MR) is 59.3 cm³/mol. The molecule has 1 aromatic carbocycles. The molecule has 0 aliphatic rings. The minimum absolute atomic E-state index is 0.117. The first-order valence-electron chi connectivity index (χ1n) is 4.98. The number of carbonyl (C=O) groups excluding carboxylic acids is 1. The molecule has 0 atom stereocenters. The van der Waals surface area contributed by atoms with Gasteiger partial charge in [0.25, 0.3) is 0 Å². The van der Waals surface area contributed by atoms with Gasteiger partial charge in [-0.25, -0.2) is 9.24 Å². The Morgan fingerprint density at radius 3 is 2.75 bits per heavy atom. The molecule has 1 aromatic rings. The zero-order chi connectivity index (χ0) is 12.1. The monoisotopic (exact) mass is 220 g/mol. The quantitative estimate of drug-likeness (QED) is 0.780. The molecule has 0 bridgehead atoms. The number of halogens is 1. The molecular weight excluding hydrogens is 207 g/mol. The second-order valence-electron chi connectivity index (χ2n) is 3.76. The summed E-state index contributed by atoms with van der Waals surface area (Å²) in [6.07, 6.45) is 0. The summed E-state index contributed by atoms with van der Waals surface area (Å²) in [6, 6.07) is 4.22. The van der Waals surface area contributed by atoms with Crippen LogP contribution in [-0.2, 0) is 11.3 Å². The van der Waals surface area contributed by atoms with Crippen molar-refractivity contribution >= 4 is 11.6 Å². The fourth-order valence-corrected chi connectivity index (χ4v) is 1.14. The minimum Gasteiger partial charge on any atom is -0.352 e. The van der Waals surface area contributed by atoms with Gasteiger partial charge in [-0.05, 0) is 6.07 Å². The van der Waals surface area contributed by atoms with Crippen molar-refractivity contribution in [1.29, 1.82) is 0 Å². The summed E-state index contributed by atoms with van der Waals surface area (Å²) in [4.78, 5) is 14.4. The van der Waals surface area contributed by atoms with E-state index in [1.807, 2.05) is 0 Å². The molecule has 0 aliphatic carbocycles. The smallest absolute Gasteiger partial charge is 0.222 e. The number of carbonyl (C=O) groups is 1. The average molecular weight is 220 g/mol. The molecule has 0 saturated heterocycles. The zero-order valence-electron chi connectivity index (χ0n) is 9.25. The van der Waals surface area contributed by atoms with Crippen LogP contribution in [0.3, 0.4) is 0 Å². The van der Waals surface area contributed by atoms with Crippen molar-refractivity contribution in [2.24, 2.45) is 5.92 Å². The normalized spacial score (nSPS) is 9.94. The Morgan fingerprint density at radius 1 is 1.56 bits per heavy atom. The van der Waals surface area contributed by atoms with Gasteiger partial charge < -0.3 is 5.32 Å². The van der Waals surface area contributed by atoms with E-state index in [1.54, 1.807) is 13.8 Å². The lowest BCUT2D eigenvalue weighted by Gasteiger charge is -2.08. The third-order valence-electron chi connectivity index (χ3n) is 2.14. The van der Waals surface area contributed by atoms with Crippen LogP contribution in [0.25, 0.3) is 4.85 Å². The van der Waals surface area contributed by atoms with E-state index in [9.17, 15) is 9.18 Å². The van der Waals surface area contributed by atoms with Crippen molar-refractivity contribution in [3.63, 3.8) is 0 Å². The van der Waals surface area contributed by atoms with Crippen molar-refractivity contribution in [3.8, 4) is 0 Å². The molecule has 0 saturated carbocycles. The molecule has 1 amide bonds. The van der Waals surface area contributed by atoms with Crippen LogP contribution in [0.5, 0.6) is 0 Å². The Balaban J connectivity index is 2.69. The highest BCUT2D eigenvalue weighted by molar-refractivity contribution is 5.77. The van der Waals surface area contributed by atoms with Crippen LogP contribution >= 0.6 is 0 Å². The SMILES string of the molecule is [C-]#[N+]c1ccc(CNC(=O)C(C)C)c(F)c1. The maximum atomic E-state index is 13.4. The summed E-state index contributed by atoms with van der Waals surface area (Å²) in [5, 5.41) is 2.62. The van der Waals surface area contributed by atoms with Gasteiger partial charge in [-0.2, -0.15) is 0 Å². The summed E-state index contributed by atoms with van der Waals surface area (Å²) >= 11 is 0. The number of hydrogen-bond acceptors (Lipinski definition) is 1. The molecule has 0 aliphatic heterocycles. The maximum Gasteiger partial charge on any atom is 0.222 e. The number of rotatable bonds is 3. The fraction of sp³-hybridized carbons (Fsp3) is 0.333. The Bertz CT molecular complexity index is 435. The molecule has 1 N–H and O–H groups in total. The van der Waals surface area contributed by atoms with Crippen molar-refractivity contribution in [2.45, 2.75) is 20.4 Å². The number of amides is 1. The first-order valence-corrected chi connectivity index (χ1v) is 4.98. The fourth-order valence-electron chi connectivity index (χ4n) is 1.14. The Kier molecular flexibility index (Phi) is 4.01. The van der Waals surface area contributed by atoms with Crippen molar-refractivity contribution in [1.82, 2.24) is 5.32 Å². The molecule has 0 fully saturated rings. The van der Waals surface area contributed by atoms with Crippen LogP contribution in [0.15, 0.2) is 18.2 Å². The lowest BCUT2D eigenvalue weighted by atomic mass is 10.1. The summed E-state index contributed by atoms with van der Waals surface area (Å²) < 4.78 is 13.4. The van der Waals surface area contributed by atoms with Crippen LogP contribution in [0, 0.1) is 18.3 Å². The Hall–Kier alpha value is -1.89. The second kappa shape index (κ2) is 5.26. The van der Waals surface area contributed by atoms with Gasteiger partial charge in [0.2, 0.25) is 5.91 Å². The first kappa shape index (κ1) is 12.2. The van der Waals surface area contributed by atoms with Gasteiger partial charge in [0.05, 0.1) is 6.57 Å². The van der Waals surface area contributed by atoms with E-state index in [1.165, 1.54) is 18.2 Å². The van der Waals surface area contributed by atoms with E-state index in [2.05, 4.69) is 10.2 Å². The summed E-state index contributed by atoms with van der Waals surface area (Å²) in [5.41, 5.74) is 0.651. The van der Waals surface area contributed by atoms with Crippen LogP contribution in [0.2, 0.25) is 0 Å². The van der Waals surface area contributed by atoms with Crippen molar-refractivity contribution < 1.29 is 9.18 Å². The highest BCUT2D eigenvalue weighted by Gasteiger charge is 2.08. The van der Waals surface area contributed by atoms with Gasteiger partial charge in [0.1, 0.15) is 5.82 Å². The molecule has 0 unspecified atom stereocenters. The highest BCUT2D eigenvalue weighted by atomic mass is 19.1. The van der Waals surface area contributed by atoms with E-state index >= 15 is 0 Å². The van der Waals surface area contributed by atoms with Crippen LogP contribution in [-0.4, -0.2) is 5.91 Å². The van der Waals surface area contributed by atoms with Gasteiger partial charge >= 0.3 is 0 Å². The molecule has 0 heterocycles. The third kappa shape index (κ3) is 3.06. The molecule has 4 heteroatoms. The molecule has 0 spiro atoms. The van der Waals surface area contributed by atoms with Crippen LogP contribution in [0.1, 0.15) is 19.4 Å². The average Bonchev–Trinajstić information content (AvgIpc) is 2.26. The molecule has 0 radical (unpaired) electrons. The van der Waals surface area contributed by atoms with Crippen LogP contribution < -0.4 is 5.32 Å². The van der Waals surface area contributed by atoms with E-state index in [0.717, 1.165) is 0 Å². The van der Waals surface area contributed by atoms with E-state index < -0.39 is 5.82 Å². The van der Waals surface area contributed by atoms with E-state index in [0.29, 0.717) is 5.56 Å². The third-order valence-corrected chi connectivity index (χ3v) is 2.14. The summed E-state index contributed by atoms with van der Waals surface area (Å²) in [6.45, 7) is 10.4. The summed E-state index contributed by atoms with van der Waals surface area (Å²) in [5.74, 6) is -0.697. The molecule has 3 nitrogen and oxygen atoms in total. The first-order chi connectivity index (χ1) is 7.54. The number of benzene rings is 1. The number of nitrogens with zero attached hydrogens (tertiary/aromatic N) is 1. The predicted octanol–water partition coefficient (Wildman–Crippen LogP) is 2.65. The number of nitrogens with one attached hydrogen (secondary N) is 1. The Morgan fingerprint density at radius 2 is 2.25 bits per heavy atom. The molecular formula is C12H13FN2O. The second-order valence-corrected chi connectivity index (χ2v) is 3.76. The maximum absolute atomic E-state index is 13.4. The van der Waals surface area contributed by atoms with Crippen molar-refractivity contribution in [2.75, 3.05) is 0 Å². The zero-order valence-corrected chi connectivity index (χ0v) is 9.25. The van der Waals surface area contributed by atoms with Gasteiger partial charge in [-0.15, -0.1) is 0 Å². The van der Waals surface area contributed by atoms with Gasteiger partial charge in [-0.3, -0.25) is 4.79 Å². The summed E-state index contributed by atoms with van der Waals surface area (Å²) in [7, 11) is 0. The molecule has 16 heavy (non-hydrogen) atoms. The largest absolute Gasteiger partial charge is 0.352 e. The van der Waals surface area contributed by atoms with E-state index in [4.69, 9.17) is 6.57 Å². The van der Waals surface area contributed by atoms with Gasteiger partial charge in [0, 0.05) is 18.0 Å². The van der Waals surface area contributed by atoms with E-state index in [-0.39, 0.29) is 24.1 Å². The van der Waals surface area contributed by atoms with Crippen molar-refractivity contribution in [3.05, 3.63) is 41.0 Å². The lowest BCUT2D eigenvalue weighted by molar-refractivity contribution is -0.124. The van der Waals surface area contributed by atoms with Crippen LogP contribution in [0.4, 0.5) is 10.1 Å². The number of hydrogen-bond donors (Lipinski definition) is 1. The highest BCUT2D eigenvalue weighted by Crippen LogP contribution is 2.16. The van der Waals surface area contributed by atoms with Gasteiger partial charge in [0.15, 0.2) is 5.69 Å². The molecule has 0 aromatic heterocycles. The van der Waals surface area contributed by atoms with Gasteiger partial charge in [-0.1, -0.05) is 26.0 Å². The molecule has 84 valence electrons. The topological polar surface area (TPSA) is 33.5 Å². The molecule has 1 rings (SSSR count). The Labute approximate surface area is 94.1 Å². The lowest BCUT2D eigenvalue weighted by Crippen LogP contribution is -2.27.